The fraction of sp³-hybridized carbons (Fsp3) is 0.174. The van der Waals surface area contributed by atoms with Crippen molar-refractivity contribution < 1.29 is 13.7 Å². The molecule has 0 saturated heterocycles. The molecule has 1 N–H and O–H groups in total. The first kappa shape index (κ1) is 22.8. The van der Waals surface area contributed by atoms with Crippen LogP contribution in [0.1, 0.15) is 5.56 Å². The third kappa shape index (κ3) is 5.15. The maximum atomic E-state index is 12.9. The number of methoxy groups -OCH3 is 2. The summed E-state index contributed by atoms with van der Waals surface area (Å²) in [7, 11) is 1.72. The first-order chi connectivity index (χ1) is 16.1. The van der Waals surface area contributed by atoms with E-state index in [2.05, 4.69) is 19.9 Å². The number of benzene rings is 2. The monoisotopic (exact) mass is 483 g/mol. The lowest BCUT2D eigenvalue weighted by atomic mass is 10.2. The number of aromatic nitrogens is 4. The highest BCUT2D eigenvalue weighted by molar-refractivity contribution is 7.86. The van der Waals surface area contributed by atoms with Crippen molar-refractivity contribution in [2.24, 2.45) is 0 Å². The van der Waals surface area contributed by atoms with Crippen molar-refractivity contribution in [1.82, 2.24) is 19.7 Å². The maximum absolute atomic E-state index is 12.9. The van der Waals surface area contributed by atoms with Gasteiger partial charge in [0.2, 0.25) is 5.95 Å². The molecule has 33 heavy (non-hydrogen) atoms. The number of nitrogens with zero attached hydrogens (tertiary/aromatic N) is 4. The second kappa shape index (κ2) is 10.5. The number of anilines is 1. The van der Waals surface area contributed by atoms with Crippen molar-refractivity contribution >= 4 is 28.5 Å². The number of aryl methyl sites for hydroxylation is 1. The summed E-state index contributed by atoms with van der Waals surface area (Å²) in [5.41, 5.74) is 2.36. The lowest BCUT2D eigenvalue weighted by Crippen LogP contribution is -2.15. The molecule has 1 atom stereocenters. The maximum Gasteiger partial charge on any atom is 0.241 e. The zero-order chi connectivity index (χ0) is 23.2. The molecular weight excluding hydrogens is 462 g/mol. The highest BCUT2D eigenvalue weighted by Gasteiger charge is 2.23. The van der Waals surface area contributed by atoms with Crippen LogP contribution in [0.25, 0.3) is 17.1 Å². The van der Waals surface area contributed by atoms with Crippen molar-refractivity contribution in [3.8, 4) is 28.6 Å². The van der Waals surface area contributed by atoms with Crippen molar-refractivity contribution in [3.63, 3.8) is 0 Å². The van der Waals surface area contributed by atoms with Gasteiger partial charge < -0.3 is 9.47 Å². The number of nitrogens with one attached hydrogen (secondary N) is 1. The molecule has 10 heteroatoms. The second-order valence-electron chi connectivity index (χ2n) is 6.96. The quantitative estimate of drug-likeness (QED) is 0.381. The van der Waals surface area contributed by atoms with E-state index in [-0.39, 0.29) is 0 Å². The van der Waals surface area contributed by atoms with Gasteiger partial charge in [0.1, 0.15) is 28.2 Å². The fourth-order valence-electron chi connectivity index (χ4n) is 3.31. The topological polar surface area (TPSA) is 91.2 Å². The number of ether oxygens (including phenoxy) is 2. The van der Waals surface area contributed by atoms with Gasteiger partial charge in [-0.05, 0) is 48.4 Å². The molecule has 0 aliphatic heterocycles. The van der Waals surface area contributed by atoms with Crippen LogP contribution in [0.3, 0.4) is 0 Å². The Bertz CT molecular complexity index is 1230. The summed E-state index contributed by atoms with van der Waals surface area (Å²) < 4.78 is 28.8. The van der Waals surface area contributed by atoms with E-state index in [0.717, 1.165) is 11.1 Å². The van der Waals surface area contributed by atoms with Gasteiger partial charge in [0, 0.05) is 28.7 Å². The molecule has 8 nitrogen and oxygen atoms in total. The normalized spacial score (nSPS) is 11.7. The van der Waals surface area contributed by atoms with E-state index in [1.54, 1.807) is 31.2 Å². The number of hydrogen-bond donors (Lipinski definition) is 1. The van der Waals surface area contributed by atoms with Crippen LogP contribution in [-0.2, 0) is 17.4 Å². The van der Waals surface area contributed by atoms with Gasteiger partial charge in [0.15, 0.2) is 5.82 Å². The third-order valence-corrected chi connectivity index (χ3v) is 6.14. The molecule has 0 aliphatic carbocycles. The number of pyridine rings is 1. The van der Waals surface area contributed by atoms with Gasteiger partial charge in [-0.2, -0.15) is 0 Å². The average Bonchev–Trinajstić information content (AvgIpc) is 3.26. The van der Waals surface area contributed by atoms with Crippen LogP contribution in [0.5, 0.6) is 11.5 Å². The minimum atomic E-state index is -1.42. The Labute approximate surface area is 199 Å². The van der Waals surface area contributed by atoms with Crippen molar-refractivity contribution in [2.75, 3.05) is 24.7 Å². The van der Waals surface area contributed by atoms with Crippen LogP contribution < -0.4 is 14.2 Å². The second-order valence-corrected chi connectivity index (χ2v) is 8.70. The first-order valence-corrected chi connectivity index (χ1v) is 11.8. The standard InChI is InChI=1S/C23H22ClN5O3S/c1-31-19-6-3-7-20(32-2)21(19)29-22(17-5-4-13-25-15-17)26-27-23(29)28-33(30)14-12-16-8-10-18(24)11-9-16/h3-11,13,15H,12,14H2,1-2H3,(H,27,28). The summed E-state index contributed by atoms with van der Waals surface area (Å²) in [4.78, 5) is 4.19. The van der Waals surface area contributed by atoms with Crippen LogP contribution >= 0.6 is 11.6 Å². The number of rotatable bonds is 9. The van der Waals surface area contributed by atoms with Gasteiger partial charge >= 0.3 is 0 Å². The first-order valence-electron chi connectivity index (χ1n) is 10.1. The molecule has 170 valence electrons. The van der Waals surface area contributed by atoms with Crippen molar-refractivity contribution in [2.45, 2.75) is 6.42 Å². The lowest BCUT2D eigenvalue weighted by molar-refractivity contribution is 0.391. The summed E-state index contributed by atoms with van der Waals surface area (Å²) in [6, 6.07) is 16.6. The molecule has 1 unspecified atom stereocenters. The van der Waals surface area contributed by atoms with Crippen molar-refractivity contribution in [1.29, 1.82) is 0 Å². The summed E-state index contributed by atoms with van der Waals surface area (Å²) in [6.45, 7) is 0. The van der Waals surface area contributed by atoms with E-state index in [4.69, 9.17) is 21.1 Å². The summed E-state index contributed by atoms with van der Waals surface area (Å²) >= 11 is 5.94. The molecule has 0 aliphatic rings. The third-order valence-electron chi connectivity index (χ3n) is 4.90. The van der Waals surface area contributed by atoms with Crippen LogP contribution in [0.2, 0.25) is 5.02 Å². The number of hydrogen-bond acceptors (Lipinski definition) is 6. The SMILES string of the molecule is COc1cccc(OC)c1-n1c(NS(=O)CCc2ccc(Cl)cc2)nnc1-c1cccnc1. The lowest BCUT2D eigenvalue weighted by Gasteiger charge is -2.17. The van der Waals surface area contributed by atoms with Crippen molar-refractivity contribution in [3.05, 3.63) is 77.6 Å². The summed E-state index contributed by atoms with van der Waals surface area (Å²) in [6.07, 6.45) is 3.97. The molecule has 4 rings (SSSR count). The summed E-state index contributed by atoms with van der Waals surface area (Å²) in [5.74, 6) is 2.28. The highest BCUT2D eigenvalue weighted by atomic mass is 35.5. The fourth-order valence-corrected chi connectivity index (χ4v) is 4.30. The van der Waals surface area contributed by atoms with Crippen LogP contribution in [0, 0.1) is 0 Å². The predicted molar refractivity (Wildman–Crippen MR) is 129 cm³/mol. The Hall–Kier alpha value is -3.43. The Balaban J connectivity index is 1.70. The molecular formula is C23H22ClN5O3S. The van der Waals surface area contributed by atoms with Crippen LogP contribution in [-0.4, -0.2) is 43.9 Å². The minimum absolute atomic E-state index is 0.297. The van der Waals surface area contributed by atoms with Gasteiger partial charge in [-0.25, -0.2) is 4.21 Å². The Morgan fingerprint density at radius 3 is 2.36 bits per heavy atom. The van der Waals surface area contributed by atoms with Gasteiger partial charge in [0.05, 0.1) is 14.2 Å². The van der Waals surface area contributed by atoms with Gasteiger partial charge in [-0.1, -0.05) is 29.8 Å². The molecule has 0 amide bonds. The molecule has 2 aromatic carbocycles. The zero-order valence-corrected chi connectivity index (χ0v) is 19.6. The molecule has 0 radical (unpaired) electrons. The zero-order valence-electron chi connectivity index (χ0n) is 18.1. The number of para-hydroxylation sites is 1. The van der Waals surface area contributed by atoms with E-state index < -0.39 is 11.0 Å². The van der Waals surface area contributed by atoms with Crippen LogP contribution in [0.15, 0.2) is 67.0 Å². The van der Waals surface area contributed by atoms with Gasteiger partial charge in [0.25, 0.3) is 0 Å². The highest BCUT2D eigenvalue weighted by Crippen LogP contribution is 2.37. The molecule has 0 bridgehead atoms. The molecule has 2 heterocycles. The van der Waals surface area contributed by atoms with E-state index in [1.807, 2.05) is 54.6 Å². The largest absolute Gasteiger partial charge is 0.494 e. The molecule has 0 spiro atoms. The average molecular weight is 484 g/mol. The molecule has 4 aromatic rings. The van der Waals surface area contributed by atoms with E-state index >= 15 is 0 Å². The van der Waals surface area contributed by atoms with E-state index in [1.165, 1.54) is 0 Å². The molecule has 2 aromatic heterocycles. The molecule has 0 saturated carbocycles. The van der Waals surface area contributed by atoms with Crippen LogP contribution in [0.4, 0.5) is 5.95 Å². The number of halogens is 1. The minimum Gasteiger partial charge on any atom is -0.494 e. The van der Waals surface area contributed by atoms with E-state index in [0.29, 0.717) is 46.2 Å². The Morgan fingerprint density at radius 2 is 1.73 bits per heavy atom. The summed E-state index contributed by atoms with van der Waals surface area (Å²) in [5, 5.41) is 9.29. The predicted octanol–water partition coefficient (Wildman–Crippen LogP) is 4.32. The Kier molecular flexibility index (Phi) is 7.21. The molecule has 0 fully saturated rings. The smallest absolute Gasteiger partial charge is 0.241 e. The van der Waals surface area contributed by atoms with Gasteiger partial charge in [-0.3, -0.25) is 14.3 Å². The Morgan fingerprint density at radius 1 is 1.00 bits per heavy atom. The van der Waals surface area contributed by atoms with Gasteiger partial charge in [-0.15, -0.1) is 10.2 Å². The van der Waals surface area contributed by atoms with E-state index in [9.17, 15) is 4.21 Å².